The lowest BCUT2D eigenvalue weighted by Gasteiger charge is -2.49. The molecular weight excluding hydrogens is 385 g/mol. The van der Waals surface area contributed by atoms with E-state index in [0.717, 1.165) is 24.5 Å². The zero-order valence-corrected chi connectivity index (χ0v) is 14.7. The summed E-state index contributed by atoms with van der Waals surface area (Å²) >= 11 is 0.930. The molecule has 0 unspecified atom stereocenters. The minimum absolute atomic E-state index is 0.0115. The third-order valence-electron chi connectivity index (χ3n) is 4.56. The van der Waals surface area contributed by atoms with Gasteiger partial charge in [-0.15, -0.1) is 11.3 Å². The second-order valence-corrected chi connectivity index (χ2v) is 7.07. The van der Waals surface area contributed by atoms with Crippen LogP contribution in [0, 0.1) is 5.92 Å². The molecule has 1 aromatic carbocycles. The number of thiophene rings is 1. The number of Topliss-reactive ketones (excluding diaryl/α,β-unsaturated/α-hetero) is 1. The van der Waals surface area contributed by atoms with Gasteiger partial charge in [-0.3, -0.25) is 9.69 Å². The molecule has 2 heterocycles. The molecule has 144 valence electrons. The minimum atomic E-state index is -5.30. The Balaban J connectivity index is 2.21. The van der Waals surface area contributed by atoms with Gasteiger partial charge < -0.3 is 15.5 Å². The van der Waals surface area contributed by atoms with Crippen LogP contribution in [0.4, 0.5) is 18.0 Å². The van der Waals surface area contributed by atoms with E-state index in [1.54, 1.807) is 0 Å². The monoisotopic (exact) mass is 400 g/mol. The number of phenols is 1. The predicted octanol–water partition coefficient (Wildman–Crippen LogP) is 2.90. The number of aromatic hydroxyl groups is 1. The average Bonchev–Trinajstić information content (AvgIpc) is 3.12. The van der Waals surface area contributed by atoms with E-state index in [9.17, 15) is 33.0 Å². The first-order valence-corrected chi connectivity index (χ1v) is 8.65. The molecule has 10 heteroatoms. The molecule has 0 bridgehead atoms. The number of hydrogen-bond donors (Lipinski definition) is 3. The molecule has 1 aliphatic heterocycles. The van der Waals surface area contributed by atoms with Crippen LogP contribution >= 0.6 is 11.3 Å². The normalized spacial score (nSPS) is 26.0. The lowest BCUT2D eigenvalue weighted by atomic mass is 9.78. The Hall–Kier alpha value is -2.59. The molecule has 1 fully saturated rings. The van der Waals surface area contributed by atoms with Crippen molar-refractivity contribution in [3.63, 3.8) is 0 Å². The number of carbonyl (C=O) groups is 2. The van der Waals surface area contributed by atoms with E-state index >= 15 is 0 Å². The smallest absolute Gasteiger partial charge is 0.437 e. The second-order valence-electron chi connectivity index (χ2n) is 6.12. The summed E-state index contributed by atoms with van der Waals surface area (Å²) in [6.07, 6.45) is -5.30. The number of rotatable bonds is 3. The van der Waals surface area contributed by atoms with Gasteiger partial charge in [0.15, 0.2) is 5.78 Å². The molecule has 1 aliphatic rings. The predicted molar refractivity (Wildman–Crippen MR) is 90.3 cm³/mol. The Morgan fingerprint density at radius 1 is 1.30 bits per heavy atom. The number of alkyl halides is 3. The van der Waals surface area contributed by atoms with Gasteiger partial charge in [0.1, 0.15) is 11.7 Å². The van der Waals surface area contributed by atoms with Crippen LogP contribution in [0.2, 0.25) is 0 Å². The van der Waals surface area contributed by atoms with Gasteiger partial charge in [-0.2, -0.15) is 13.2 Å². The molecule has 3 N–H and O–H groups in total. The Labute approximate surface area is 155 Å². The maximum Gasteiger partial charge on any atom is 0.437 e. The maximum atomic E-state index is 13.9. The Bertz CT molecular complexity index is 871. The number of phenolic OH excluding ortho intramolecular Hbond substituents is 1. The molecule has 3 rings (SSSR count). The van der Waals surface area contributed by atoms with E-state index in [1.807, 2.05) is 0 Å². The van der Waals surface area contributed by atoms with Crippen LogP contribution in [-0.4, -0.2) is 45.9 Å². The molecule has 27 heavy (non-hydrogen) atoms. The van der Waals surface area contributed by atoms with E-state index < -0.39 is 35.7 Å². The zero-order chi connectivity index (χ0) is 20.0. The molecule has 0 saturated carbocycles. The minimum Gasteiger partial charge on any atom is -0.508 e. The van der Waals surface area contributed by atoms with Crippen LogP contribution in [-0.2, 0) is 0 Å². The van der Waals surface area contributed by atoms with Crippen molar-refractivity contribution in [1.82, 2.24) is 10.2 Å². The molecule has 1 saturated heterocycles. The van der Waals surface area contributed by atoms with Crippen LogP contribution in [0.25, 0.3) is 0 Å². The quantitative estimate of drug-likeness (QED) is 0.691. The first-order chi connectivity index (χ1) is 12.6. The topological polar surface area (TPSA) is 89.9 Å². The van der Waals surface area contributed by atoms with Crippen molar-refractivity contribution in [2.75, 3.05) is 7.05 Å². The van der Waals surface area contributed by atoms with Gasteiger partial charge in [0.2, 0.25) is 0 Å². The molecule has 3 atom stereocenters. The maximum absolute atomic E-state index is 13.9. The van der Waals surface area contributed by atoms with Crippen molar-refractivity contribution in [2.24, 2.45) is 5.92 Å². The third-order valence-corrected chi connectivity index (χ3v) is 5.44. The first kappa shape index (κ1) is 19.2. The van der Waals surface area contributed by atoms with Crippen LogP contribution in [0.1, 0.15) is 21.3 Å². The molecule has 0 spiro atoms. The van der Waals surface area contributed by atoms with Gasteiger partial charge in [0.25, 0.3) is 5.72 Å². The summed E-state index contributed by atoms with van der Waals surface area (Å²) in [6, 6.07) is 5.32. The second kappa shape index (κ2) is 6.54. The van der Waals surface area contributed by atoms with Crippen molar-refractivity contribution in [3.05, 3.63) is 52.2 Å². The van der Waals surface area contributed by atoms with E-state index in [0.29, 0.717) is 0 Å². The average molecular weight is 400 g/mol. The van der Waals surface area contributed by atoms with Crippen LogP contribution in [0.15, 0.2) is 41.8 Å². The molecule has 0 radical (unpaired) electrons. The van der Waals surface area contributed by atoms with Crippen LogP contribution in [0.5, 0.6) is 5.75 Å². The summed E-state index contributed by atoms with van der Waals surface area (Å²) < 4.78 is 41.7. The Morgan fingerprint density at radius 2 is 2.00 bits per heavy atom. The summed E-state index contributed by atoms with van der Waals surface area (Å²) in [4.78, 5) is 25.2. The summed E-state index contributed by atoms with van der Waals surface area (Å²) in [7, 11) is 0.774. The highest BCUT2D eigenvalue weighted by Crippen LogP contribution is 2.48. The third kappa shape index (κ3) is 3.04. The number of hydrogen-bond acceptors (Lipinski definition) is 5. The molecular formula is C17H15F3N2O4S. The molecule has 2 aromatic rings. The molecule has 2 amide bonds. The van der Waals surface area contributed by atoms with E-state index in [2.05, 4.69) is 5.32 Å². The van der Waals surface area contributed by atoms with Crippen molar-refractivity contribution in [1.29, 1.82) is 0 Å². The van der Waals surface area contributed by atoms with Crippen molar-refractivity contribution in [3.8, 4) is 5.75 Å². The van der Waals surface area contributed by atoms with Gasteiger partial charge in [0, 0.05) is 7.05 Å². The number of amides is 2. The summed E-state index contributed by atoms with van der Waals surface area (Å²) in [5.41, 5.74) is -3.67. The SMILES string of the molecule is CN1C(=O)N[C@@H](c2cccc(O)c2)[C@H](C(=O)c2cccs2)[C@]1(O)C(F)(F)F. The van der Waals surface area contributed by atoms with Crippen LogP contribution < -0.4 is 5.32 Å². The number of benzene rings is 1. The van der Waals surface area contributed by atoms with Crippen LogP contribution in [0.3, 0.4) is 0 Å². The van der Waals surface area contributed by atoms with Gasteiger partial charge in [-0.25, -0.2) is 4.79 Å². The fraction of sp³-hybridized carbons (Fsp3) is 0.294. The summed E-state index contributed by atoms with van der Waals surface area (Å²) in [5.74, 6) is -3.30. The van der Waals surface area contributed by atoms with Gasteiger partial charge in [-0.05, 0) is 29.1 Å². The molecule has 6 nitrogen and oxygen atoms in total. The van der Waals surface area contributed by atoms with Crippen molar-refractivity contribution >= 4 is 23.2 Å². The van der Waals surface area contributed by atoms with Crippen molar-refractivity contribution < 1.29 is 33.0 Å². The number of nitrogens with one attached hydrogen (secondary N) is 1. The van der Waals surface area contributed by atoms with E-state index in [-0.39, 0.29) is 21.1 Å². The van der Waals surface area contributed by atoms with Crippen molar-refractivity contribution in [2.45, 2.75) is 17.9 Å². The molecule has 1 aromatic heterocycles. The largest absolute Gasteiger partial charge is 0.508 e. The summed E-state index contributed by atoms with van der Waals surface area (Å²) in [5, 5.41) is 24.2. The highest BCUT2D eigenvalue weighted by atomic mass is 32.1. The van der Waals surface area contributed by atoms with Gasteiger partial charge in [-0.1, -0.05) is 18.2 Å². The fourth-order valence-corrected chi connectivity index (χ4v) is 3.88. The molecule has 0 aliphatic carbocycles. The van der Waals surface area contributed by atoms with E-state index in [1.165, 1.54) is 35.7 Å². The number of ketones is 1. The number of aliphatic hydroxyl groups is 1. The number of urea groups is 1. The number of nitrogens with zero attached hydrogens (tertiary/aromatic N) is 1. The zero-order valence-electron chi connectivity index (χ0n) is 13.9. The standard InChI is InChI=1S/C17H15F3N2O4S/c1-22-15(25)21-13(9-4-2-5-10(23)8-9)12(16(22,26)17(18,19)20)14(24)11-6-3-7-27-11/h2-8,12-13,23,26H,1H3,(H,21,25)/t12-,13+,16+/m1/s1. The lowest BCUT2D eigenvalue weighted by molar-refractivity contribution is -0.322. The Kier molecular flexibility index (Phi) is 4.64. The number of carbonyl (C=O) groups excluding carboxylic acids is 2. The van der Waals surface area contributed by atoms with Gasteiger partial charge in [0.05, 0.1) is 10.9 Å². The number of halogens is 3. The lowest BCUT2D eigenvalue weighted by Crippen LogP contribution is -2.72. The highest BCUT2D eigenvalue weighted by Gasteiger charge is 2.69. The van der Waals surface area contributed by atoms with Gasteiger partial charge >= 0.3 is 12.2 Å². The Morgan fingerprint density at radius 3 is 2.56 bits per heavy atom. The highest BCUT2D eigenvalue weighted by molar-refractivity contribution is 7.12. The fourth-order valence-electron chi connectivity index (χ4n) is 3.18. The first-order valence-electron chi connectivity index (χ1n) is 7.77. The summed E-state index contributed by atoms with van der Waals surface area (Å²) in [6.45, 7) is 0. The van der Waals surface area contributed by atoms with E-state index in [4.69, 9.17) is 0 Å².